The van der Waals surface area contributed by atoms with Crippen molar-refractivity contribution in [3.8, 4) is 0 Å². The molecule has 1 spiro atoms. The predicted octanol–water partition coefficient (Wildman–Crippen LogP) is 5.08. The van der Waals surface area contributed by atoms with Crippen molar-refractivity contribution in [2.45, 2.75) is 58.6 Å². The minimum absolute atomic E-state index is 0.156. The molecule has 3 heterocycles. The van der Waals surface area contributed by atoms with Gasteiger partial charge in [-0.3, -0.25) is 4.90 Å². The summed E-state index contributed by atoms with van der Waals surface area (Å²) in [5.74, 6) is 0. The zero-order chi connectivity index (χ0) is 19.9. The van der Waals surface area contributed by atoms with Gasteiger partial charge in [0.1, 0.15) is 5.60 Å². The first kappa shape index (κ1) is 19.6. The van der Waals surface area contributed by atoms with Gasteiger partial charge in [0, 0.05) is 19.1 Å². The molecule has 5 nitrogen and oxygen atoms in total. The minimum atomic E-state index is -0.427. The van der Waals surface area contributed by atoms with Crippen LogP contribution in [0, 0.1) is 5.41 Å². The first-order chi connectivity index (χ1) is 13.2. The van der Waals surface area contributed by atoms with Crippen molar-refractivity contribution in [2.24, 2.45) is 5.41 Å². The molecule has 1 aromatic carbocycles. The number of hydrogen-bond donors (Lipinski definition) is 0. The number of ether oxygens (including phenoxy) is 1. The van der Waals surface area contributed by atoms with E-state index in [1.807, 2.05) is 31.2 Å². The van der Waals surface area contributed by atoms with Crippen LogP contribution in [-0.4, -0.2) is 52.7 Å². The molecule has 6 heteroatoms. The summed E-state index contributed by atoms with van der Waals surface area (Å²) in [7, 11) is 0. The van der Waals surface area contributed by atoms with Crippen LogP contribution < -0.4 is 0 Å². The lowest BCUT2D eigenvalue weighted by atomic mass is 9.77. The van der Waals surface area contributed by atoms with Gasteiger partial charge >= 0.3 is 6.09 Å². The first-order valence-electron chi connectivity index (χ1n) is 10.3. The summed E-state index contributed by atoms with van der Waals surface area (Å²) in [6, 6.07) is 7.07. The van der Waals surface area contributed by atoms with Crippen LogP contribution >= 0.6 is 11.3 Å². The van der Waals surface area contributed by atoms with Crippen LogP contribution in [0.4, 0.5) is 4.79 Å². The van der Waals surface area contributed by atoms with E-state index in [0.29, 0.717) is 6.04 Å². The average Bonchev–Trinajstić information content (AvgIpc) is 3.27. The van der Waals surface area contributed by atoms with Gasteiger partial charge < -0.3 is 9.64 Å². The number of fused-ring (bicyclic) bond motifs is 1. The zero-order valence-corrected chi connectivity index (χ0v) is 18.2. The number of thiazole rings is 1. The Morgan fingerprint density at radius 2 is 1.93 bits per heavy atom. The van der Waals surface area contributed by atoms with Gasteiger partial charge in [0.05, 0.1) is 15.7 Å². The van der Waals surface area contributed by atoms with Crippen molar-refractivity contribution >= 4 is 27.6 Å². The summed E-state index contributed by atoms with van der Waals surface area (Å²) in [4.78, 5) is 21.4. The number of carbonyl (C=O) groups excluding carboxylic acids is 1. The van der Waals surface area contributed by atoms with E-state index in [9.17, 15) is 4.79 Å². The van der Waals surface area contributed by atoms with Gasteiger partial charge in [-0.05, 0) is 83.2 Å². The number of aromatic nitrogens is 1. The van der Waals surface area contributed by atoms with E-state index >= 15 is 0 Å². The molecule has 1 unspecified atom stereocenters. The second kappa shape index (κ2) is 7.30. The Hall–Kier alpha value is -1.66. The summed E-state index contributed by atoms with van der Waals surface area (Å²) < 4.78 is 6.82. The summed E-state index contributed by atoms with van der Waals surface area (Å²) in [6.07, 6.45) is 3.24. The molecule has 1 aromatic heterocycles. The standard InChI is InChI=1S/C22H31N3O2S/c1-16(17-5-6-19-18(13-17)23-15-28-19)24-10-7-22(8-11-24)9-12-25(14-22)20(26)27-21(2,3)4/h5-6,13,15-16H,7-12,14H2,1-4H3. The third-order valence-corrected chi connectivity index (χ3v) is 7.14. The first-order valence-corrected chi connectivity index (χ1v) is 11.2. The Bertz CT molecular complexity index is 849. The molecule has 0 bridgehead atoms. The molecule has 2 aliphatic heterocycles. The van der Waals surface area contributed by atoms with Crippen LogP contribution in [0.5, 0.6) is 0 Å². The highest BCUT2D eigenvalue weighted by Gasteiger charge is 2.43. The van der Waals surface area contributed by atoms with Gasteiger partial charge in [0.2, 0.25) is 0 Å². The number of piperidine rings is 1. The lowest BCUT2D eigenvalue weighted by Gasteiger charge is -2.42. The Kier molecular flexibility index (Phi) is 5.12. The molecule has 28 heavy (non-hydrogen) atoms. The SMILES string of the molecule is CC(c1ccc2scnc2c1)N1CCC2(CCN(C(=O)OC(C)(C)C)C2)CC1. The van der Waals surface area contributed by atoms with Gasteiger partial charge in [-0.2, -0.15) is 0 Å². The smallest absolute Gasteiger partial charge is 0.410 e. The molecule has 0 aliphatic carbocycles. The van der Waals surface area contributed by atoms with Gasteiger partial charge in [0.25, 0.3) is 0 Å². The molecule has 2 fully saturated rings. The molecule has 0 saturated carbocycles. The van der Waals surface area contributed by atoms with Crippen LogP contribution in [-0.2, 0) is 4.74 Å². The van der Waals surface area contributed by atoms with Gasteiger partial charge in [-0.1, -0.05) is 6.07 Å². The maximum Gasteiger partial charge on any atom is 0.410 e. The number of carbonyl (C=O) groups is 1. The van der Waals surface area contributed by atoms with Crippen molar-refractivity contribution in [3.05, 3.63) is 29.3 Å². The van der Waals surface area contributed by atoms with Crippen LogP contribution in [0.25, 0.3) is 10.2 Å². The number of benzene rings is 1. The summed E-state index contributed by atoms with van der Waals surface area (Å²) in [6.45, 7) is 11.9. The van der Waals surface area contributed by atoms with E-state index in [0.717, 1.165) is 51.0 Å². The average molecular weight is 402 g/mol. The molecular formula is C22H31N3O2S. The molecule has 0 N–H and O–H groups in total. The van der Waals surface area contributed by atoms with Gasteiger partial charge in [-0.15, -0.1) is 11.3 Å². The number of nitrogens with zero attached hydrogens (tertiary/aromatic N) is 3. The highest BCUT2D eigenvalue weighted by Crippen LogP contribution is 2.42. The van der Waals surface area contributed by atoms with Gasteiger partial charge in [0.15, 0.2) is 0 Å². The number of likely N-dealkylation sites (tertiary alicyclic amines) is 2. The second-order valence-corrected chi connectivity index (χ2v) is 10.3. The number of hydrogen-bond acceptors (Lipinski definition) is 5. The fourth-order valence-corrected chi connectivity index (χ4v) is 5.22. The molecule has 152 valence electrons. The van der Waals surface area contributed by atoms with E-state index in [4.69, 9.17) is 4.74 Å². The van der Waals surface area contributed by atoms with E-state index in [1.54, 1.807) is 11.3 Å². The molecule has 0 radical (unpaired) electrons. The Labute approximate surface area is 171 Å². The highest BCUT2D eigenvalue weighted by atomic mass is 32.1. The van der Waals surface area contributed by atoms with Crippen molar-refractivity contribution in [1.29, 1.82) is 0 Å². The predicted molar refractivity (Wildman–Crippen MR) is 114 cm³/mol. The van der Waals surface area contributed by atoms with Crippen LogP contribution in [0.2, 0.25) is 0 Å². The third-order valence-electron chi connectivity index (χ3n) is 6.33. The van der Waals surface area contributed by atoms with Crippen LogP contribution in [0.3, 0.4) is 0 Å². The van der Waals surface area contributed by atoms with Crippen molar-refractivity contribution in [1.82, 2.24) is 14.8 Å². The lowest BCUT2D eigenvalue weighted by molar-refractivity contribution is 0.0236. The quantitative estimate of drug-likeness (QED) is 0.704. The minimum Gasteiger partial charge on any atom is -0.444 e. The molecular weight excluding hydrogens is 370 g/mol. The normalized spacial score (nSPS) is 21.4. The summed E-state index contributed by atoms with van der Waals surface area (Å²) >= 11 is 1.69. The van der Waals surface area contributed by atoms with Crippen molar-refractivity contribution in [3.63, 3.8) is 0 Å². The molecule has 4 rings (SSSR count). The van der Waals surface area contributed by atoms with E-state index < -0.39 is 5.60 Å². The fourth-order valence-electron chi connectivity index (χ4n) is 4.56. The molecule has 2 aromatic rings. The van der Waals surface area contributed by atoms with Crippen LogP contribution in [0.15, 0.2) is 23.7 Å². The topological polar surface area (TPSA) is 45.7 Å². The highest BCUT2D eigenvalue weighted by molar-refractivity contribution is 7.16. The zero-order valence-electron chi connectivity index (χ0n) is 17.4. The fraction of sp³-hybridized carbons (Fsp3) is 0.636. The second-order valence-electron chi connectivity index (χ2n) is 9.44. The maximum absolute atomic E-state index is 12.4. The van der Waals surface area contributed by atoms with E-state index in [-0.39, 0.29) is 11.5 Å². The molecule has 1 atom stereocenters. The third kappa shape index (κ3) is 4.03. The van der Waals surface area contributed by atoms with Gasteiger partial charge in [-0.25, -0.2) is 9.78 Å². The molecule has 2 aliphatic rings. The van der Waals surface area contributed by atoms with Crippen molar-refractivity contribution < 1.29 is 9.53 Å². The Morgan fingerprint density at radius 3 is 2.64 bits per heavy atom. The number of amides is 1. The number of rotatable bonds is 2. The van der Waals surface area contributed by atoms with E-state index in [2.05, 4.69) is 35.0 Å². The monoisotopic (exact) mass is 401 g/mol. The molecule has 1 amide bonds. The summed E-state index contributed by atoms with van der Waals surface area (Å²) in [5.41, 5.74) is 4.21. The lowest BCUT2D eigenvalue weighted by Crippen LogP contribution is -2.43. The Morgan fingerprint density at radius 1 is 1.21 bits per heavy atom. The largest absolute Gasteiger partial charge is 0.444 e. The van der Waals surface area contributed by atoms with Crippen molar-refractivity contribution in [2.75, 3.05) is 26.2 Å². The van der Waals surface area contributed by atoms with E-state index in [1.165, 1.54) is 10.3 Å². The summed E-state index contributed by atoms with van der Waals surface area (Å²) in [5, 5.41) is 0. The Balaban J connectivity index is 1.36. The maximum atomic E-state index is 12.4. The molecule has 2 saturated heterocycles. The van der Waals surface area contributed by atoms with Crippen LogP contribution in [0.1, 0.15) is 58.6 Å².